The highest BCUT2D eigenvalue weighted by atomic mass is 16.7. The summed E-state index contributed by atoms with van der Waals surface area (Å²) in [4.78, 5) is 24.7. The van der Waals surface area contributed by atoms with Crippen LogP contribution >= 0.6 is 0 Å². The number of hydrogen-bond donors (Lipinski definition) is 1. The van der Waals surface area contributed by atoms with E-state index >= 15 is 0 Å². The Balaban J connectivity index is 1.67. The maximum Gasteiger partial charge on any atom is 0.339 e. The lowest BCUT2D eigenvalue weighted by Gasteiger charge is -2.17. The summed E-state index contributed by atoms with van der Waals surface area (Å²) in [7, 11) is 0. The van der Waals surface area contributed by atoms with Crippen LogP contribution in [0.3, 0.4) is 0 Å². The lowest BCUT2D eigenvalue weighted by atomic mass is 9.90. The number of amides is 1. The Morgan fingerprint density at radius 2 is 1.52 bits per heavy atom. The summed E-state index contributed by atoms with van der Waals surface area (Å²) in [5.41, 5.74) is 6.15. The molecule has 0 radical (unpaired) electrons. The fraction of sp³-hybridized carbons (Fsp3) is 0.333. The number of nitrogens with one attached hydrogen (secondary N) is 1. The maximum atomic E-state index is 12.6. The molecule has 142 valence electrons. The van der Waals surface area contributed by atoms with Crippen molar-refractivity contribution < 1.29 is 23.8 Å². The highest BCUT2D eigenvalue weighted by Gasteiger charge is 2.20. The standard InChI is InChI=1S/C21H23NO5/c1-11-12(2)14(4)20(15(5)13(11)3)21(24)25-9-19(23)22-16-6-7-17-18(8-16)27-10-26-17/h6-8H,9-10H2,1-5H3,(H,22,23). The molecule has 0 saturated heterocycles. The molecule has 2 aromatic carbocycles. The Hall–Kier alpha value is -3.02. The van der Waals surface area contributed by atoms with E-state index in [9.17, 15) is 9.59 Å². The Bertz CT molecular complexity index is 904. The van der Waals surface area contributed by atoms with Crippen molar-refractivity contribution in [3.05, 3.63) is 51.6 Å². The van der Waals surface area contributed by atoms with Gasteiger partial charge in [0.05, 0.1) is 5.56 Å². The quantitative estimate of drug-likeness (QED) is 0.831. The number of carbonyl (C=O) groups excluding carboxylic acids is 2. The third-order valence-corrected chi connectivity index (χ3v) is 5.19. The first-order valence-electron chi connectivity index (χ1n) is 8.73. The van der Waals surface area contributed by atoms with Crippen LogP contribution in [0.15, 0.2) is 18.2 Å². The molecule has 1 aliphatic heterocycles. The number of fused-ring (bicyclic) bond motifs is 1. The van der Waals surface area contributed by atoms with Gasteiger partial charge in [-0.2, -0.15) is 0 Å². The van der Waals surface area contributed by atoms with Crippen molar-refractivity contribution in [2.75, 3.05) is 18.7 Å². The Morgan fingerprint density at radius 1 is 0.926 bits per heavy atom. The minimum Gasteiger partial charge on any atom is -0.454 e. The van der Waals surface area contributed by atoms with E-state index < -0.39 is 11.9 Å². The fourth-order valence-electron chi connectivity index (χ4n) is 3.18. The third kappa shape index (κ3) is 3.60. The van der Waals surface area contributed by atoms with E-state index in [0.29, 0.717) is 22.7 Å². The zero-order chi connectivity index (χ0) is 19.7. The van der Waals surface area contributed by atoms with Gasteiger partial charge >= 0.3 is 5.97 Å². The van der Waals surface area contributed by atoms with Gasteiger partial charge in [0.1, 0.15) is 0 Å². The number of ether oxygens (including phenoxy) is 3. The van der Waals surface area contributed by atoms with Crippen LogP contribution in [0.25, 0.3) is 0 Å². The van der Waals surface area contributed by atoms with Crippen LogP contribution in [-0.4, -0.2) is 25.3 Å². The lowest BCUT2D eigenvalue weighted by molar-refractivity contribution is -0.119. The lowest BCUT2D eigenvalue weighted by Crippen LogP contribution is -2.22. The van der Waals surface area contributed by atoms with Crippen LogP contribution < -0.4 is 14.8 Å². The van der Waals surface area contributed by atoms with Crippen LogP contribution in [0.2, 0.25) is 0 Å². The third-order valence-electron chi connectivity index (χ3n) is 5.19. The number of anilines is 1. The normalized spacial score (nSPS) is 12.0. The van der Waals surface area contributed by atoms with Crippen molar-refractivity contribution in [1.29, 1.82) is 0 Å². The first-order chi connectivity index (χ1) is 12.8. The summed E-state index contributed by atoms with van der Waals surface area (Å²) in [6.45, 7) is 9.62. The largest absolute Gasteiger partial charge is 0.454 e. The summed E-state index contributed by atoms with van der Waals surface area (Å²) >= 11 is 0. The number of esters is 1. The maximum absolute atomic E-state index is 12.6. The topological polar surface area (TPSA) is 73.9 Å². The van der Waals surface area contributed by atoms with Crippen molar-refractivity contribution in [2.45, 2.75) is 34.6 Å². The minimum atomic E-state index is -0.489. The van der Waals surface area contributed by atoms with Gasteiger partial charge in [-0.15, -0.1) is 0 Å². The van der Waals surface area contributed by atoms with Gasteiger partial charge in [-0.25, -0.2) is 4.79 Å². The van der Waals surface area contributed by atoms with Gasteiger partial charge in [0.2, 0.25) is 6.79 Å². The summed E-state index contributed by atoms with van der Waals surface area (Å²) in [6, 6.07) is 5.09. The van der Waals surface area contributed by atoms with Crippen molar-refractivity contribution in [3.8, 4) is 11.5 Å². The van der Waals surface area contributed by atoms with Crippen molar-refractivity contribution in [3.63, 3.8) is 0 Å². The molecule has 3 rings (SSSR count). The molecule has 0 bridgehead atoms. The SMILES string of the molecule is Cc1c(C)c(C)c(C(=O)OCC(=O)Nc2ccc3c(c2)OCO3)c(C)c1C. The van der Waals surface area contributed by atoms with Crippen LogP contribution in [0, 0.1) is 34.6 Å². The van der Waals surface area contributed by atoms with Crippen LogP contribution in [0.4, 0.5) is 5.69 Å². The molecule has 0 saturated carbocycles. The summed E-state index contributed by atoms with van der Waals surface area (Å²) < 4.78 is 15.8. The molecule has 1 aliphatic rings. The van der Waals surface area contributed by atoms with Crippen LogP contribution in [0.1, 0.15) is 38.2 Å². The molecule has 1 N–H and O–H groups in total. The highest BCUT2D eigenvalue weighted by Crippen LogP contribution is 2.34. The first-order valence-corrected chi connectivity index (χ1v) is 8.73. The highest BCUT2D eigenvalue weighted by molar-refractivity contribution is 5.97. The van der Waals surface area contributed by atoms with Gasteiger partial charge in [0.15, 0.2) is 18.1 Å². The van der Waals surface area contributed by atoms with E-state index in [0.717, 1.165) is 22.3 Å². The van der Waals surface area contributed by atoms with Crippen molar-refractivity contribution in [2.24, 2.45) is 0 Å². The molecule has 2 aromatic rings. The van der Waals surface area contributed by atoms with E-state index in [2.05, 4.69) is 5.32 Å². The van der Waals surface area contributed by atoms with Gasteiger partial charge in [-0.05, 0) is 74.6 Å². The van der Waals surface area contributed by atoms with E-state index in [4.69, 9.17) is 14.2 Å². The van der Waals surface area contributed by atoms with Gasteiger partial charge in [0, 0.05) is 11.8 Å². The van der Waals surface area contributed by atoms with Crippen molar-refractivity contribution in [1.82, 2.24) is 0 Å². The molecule has 0 unspecified atom stereocenters. The molecule has 1 amide bonds. The molecule has 0 aliphatic carbocycles. The summed E-state index contributed by atoms with van der Waals surface area (Å²) in [5.74, 6) is 0.298. The molecular formula is C21H23NO5. The second-order valence-electron chi connectivity index (χ2n) is 6.69. The molecule has 27 heavy (non-hydrogen) atoms. The Morgan fingerprint density at radius 3 is 2.19 bits per heavy atom. The molecule has 6 nitrogen and oxygen atoms in total. The van der Waals surface area contributed by atoms with Gasteiger partial charge in [0.25, 0.3) is 5.91 Å². The molecule has 6 heteroatoms. The molecule has 0 aromatic heterocycles. The minimum absolute atomic E-state index is 0.165. The zero-order valence-electron chi connectivity index (χ0n) is 16.2. The number of rotatable bonds is 4. The van der Waals surface area contributed by atoms with Gasteiger partial charge < -0.3 is 19.5 Å². The predicted molar refractivity (Wildman–Crippen MR) is 102 cm³/mol. The number of carbonyl (C=O) groups is 2. The van der Waals surface area contributed by atoms with E-state index in [1.165, 1.54) is 5.56 Å². The molecule has 1 heterocycles. The molecule has 0 fully saturated rings. The Kier molecular flexibility index (Phi) is 5.08. The van der Waals surface area contributed by atoms with E-state index in [1.54, 1.807) is 18.2 Å². The van der Waals surface area contributed by atoms with Crippen LogP contribution in [0.5, 0.6) is 11.5 Å². The summed E-state index contributed by atoms with van der Waals surface area (Å²) in [5, 5.41) is 2.69. The Labute approximate surface area is 158 Å². The van der Waals surface area contributed by atoms with Gasteiger partial charge in [-0.3, -0.25) is 4.79 Å². The fourth-order valence-corrected chi connectivity index (χ4v) is 3.18. The summed E-state index contributed by atoms with van der Waals surface area (Å²) in [6.07, 6.45) is 0. The van der Waals surface area contributed by atoms with Crippen molar-refractivity contribution >= 4 is 17.6 Å². The first kappa shape index (κ1) is 18.8. The molecule has 0 spiro atoms. The zero-order valence-corrected chi connectivity index (χ0v) is 16.2. The predicted octanol–water partition coefficient (Wildman–Crippen LogP) is 3.75. The smallest absolute Gasteiger partial charge is 0.339 e. The van der Waals surface area contributed by atoms with Crippen LogP contribution in [-0.2, 0) is 9.53 Å². The second kappa shape index (κ2) is 7.31. The van der Waals surface area contributed by atoms with E-state index in [1.807, 2.05) is 34.6 Å². The van der Waals surface area contributed by atoms with E-state index in [-0.39, 0.29) is 13.4 Å². The number of benzene rings is 2. The number of hydrogen-bond acceptors (Lipinski definition) is 5. The average Bonchev–Trinajstić information content (AvgIpc) is 3.11. The second-order valence-corrected chi connectivity index (χ2v) is 6.69. The monoisotopic (exact) mass is 369 g/mol. The molecule has 0 atom stereocenters. The average molecular weight is 369 g/mol. The van der Waals surface area contributed by atoms with Gasteiger partial charge in [-0.1, -0.05) is 0 Å². The molecular weight excluding hydrogens is 346 g/mol.